The first-order valence-corrected chi connectivity index (χ1v) is 12.8. The molecule has 0 aliphatic heterocycles. The monoisotopic (exact) mass is 518 g/mol. The van der Waals surface area contributed by atoms with E-state index >= 15 is 0 Å². The van der Waals surface area contributed by atoms with Crippen LogP contribution in [-0.4, -0.2) is 43.0 Å². The summed E-state index contributed by atoms with van der Waals surface area (Å²) in [4.78, 5) is 32.1. The minimum Gasteiger partial charge on any atom is -0.497 e. The average molecular weight is 519 g/mol. The van der Waals surface area contributed by atoms with Crippen molar-refractivity contribution in [1.82, 2.24) is 9.97 Å². The van der Waals surface area contributed by atoms with Gasteiger partial charge in [0.15, 0.2) is 5.69 Å². The van der Waals surface area contributed by atoms with Gasteiger partial charge >= 0.3 is 5.97 Å². The maximum atomic E-state index is 13.8. The zero-order chi connectivity index (χ0) is 25.8. The number of carbonyl (C=O) groups excluding carboxylic acids is 2. The second kappa shape index (κ2) is 10.4. The Morgan fingerprint density at radius 3 is 2.31 bits per heavy atom. The second-order valence-electron chi connectivity index (χ2n) is 8.43. The van der Waals surface area contributed by atoms with E-state index in [-0.39, 0.29) is 33.9 Å². The van der Waals surface area contributed by atoms with Crippen molar-refractivity contribution in [1.29, 1.82) is 0 Å². The smallest absolute Gasteiger partial charge is 0.360 e. The van der Waals surface area contributed by atoms with Crippen LogP contribution in [0, 0.1) is 0 Å². The lowest BCUT2D eigenvalue weighted by atomic mass is 10.2. The van der Waals surface area contributed by atoms with Gasteiger partial charge in [-0.15, -0.1) is 11.3 Å². The molecule has 2 aromatic heterocycles. The van der Waals surface area contributed by atoms with E-state index in [4.69, 9.17) is 9.47 Å². The van der Waals surface area contributed by atoms with E-state index in [0.29, 0.717) is 11.3 Å². The molecular formula is C23H26N4O6S2. The fourth-order valence-electron chi connectivity index (χ4n) is 2.96. The molecule has 0 saturated carbocycles. The van der Waals surface area contributed by atoms with Crippen molar-refractivity contribution < 1.29 is 27.5 Å². The minimum atomic E-state index is -4.19. The molecule has 3 rings (SSSR count). The lowest BCUT2D eigenvalue weighted by Crippen LogP contribution is -2.32. The Bertz CT molecular complexity index is 1300. The van der Waals surface area contributed by atoms with Crippen molar-refractivity contribution in [2.75, 3.05) is 16.7 Å². The van der Waals surface area contributed by atoms with Crippen molar-refractivity contribution in [3.8, 4) is 5.75 Å². The topological polar surface area (TPSA) is 128 Å². The molecule has 0 aliphatic rings. The first kappa shape index (κ1) is 26.1. The number of nitrogens with zero attached hydrogens (tertiary/aromatic N) is 3. The molecule has 12 heteroatoms. The van der Waals surface area contributed by atoms with Crippen molar-refractivity contribution in [2.45, 2.75) is 44.7 Å². The lowest BCUT2D eigenvalue weighted by molar-refractivity contribution is -0.114. The number of thiazole rings is 1. The number of benzene rings is 1. The van der Waals surface area contributed by atoms with Gasteiger partial charge in [0.2, 0.25) is 5.91 Å². The number of hydrogen-bond acceptors (Lipinski definition) is 9. The van der Waals surface area contributed by atoms with E-state index in [1.165, 1.54) is 31.7 Å². The van der Waals surface area contributed by atoms with E-state index < -0.39 is 21.6 Å². The normalized spacial score (nSPS) is 11.6. The number of nitrogens with one attached hydrogen (secondary N) is 1. The number of rotatable bonds is 8. The van der Waals surface area contributed by atoms with Crippen LogP contribution in [0.1, 0.15) is 43.7 Å². The fraction of sp³-hybridized carbons (Fsp3) is 0.304. The summed E-state index contributed by atoms with van der Waals surface area (Å²) in [5, 5.41) is 2.61. The molecule has 0 radical (unpaired) electrons. The molecule has 0 saturated heterocycles. The minimum absolute atomic E-state index is 0.0855. The number of sulfonamides is 1. The van der Waals surface area contributed by atoms with Crippen LogP contribution in [0.2, 0.25) is 0 Å². The Morgan fingerprint density at radius 2 is 1.77 bits per heavy atom. The summed E-state index contributed by atoms with van der Waals surface area (Å²) >= 11 is 1.00. The molecule has 1 N–H and O–H groups in total. The number of methoxy groups -OCH3 is 1. The van der Waals surface area contributed by atoms with E-state index in [2.05, 4.69) is 15.3 Å². The van der Waals surface area contributed by atoms with Crippen LogP contribution in [-0.2, 0) is 26.1 Å². The Morgan fingerprint density at radius 1 is 1.09 bits per heavy atom. The van der Waals surface area contributed by atoms with Crippen LogP contribution < -0.4 is 14.4 Å². The number of hydrogen-bond donors (Lipinski definition) is 1. The van der Waals surface area contributed by atoms with Gasteiger partial charge in [-0.3, -0.25) is 9.10 Å². The standard InChI is InChI=1S/C23H26N4O6S2/c1-15(28)26-19-11-10-18(12-24-19)35(30,31)27(13-16-6-8-17(32-5)9-7-16)21-20(25-14-34-21)22(29)33-23(2,3)4/h6-12,14H,13H2,1-5H3,(H,24,26,28). The van der Waals surface area contributed by atoms with Crippen molar-refractivity contribution in [3.05, 3.63) is 59.4 Å². The highest BCUT2D eigenvalue weighted by Gasteiger charge is 2.33. The molecule has 0 bridgehead atoms. The van der Waals surface area contributed by atoms with E-state index in [1.807, 2.05) is 0 Å². The zero-order valence-electron chi connectivity index (χ0n) is 19.9. The third kappa shape index (κ3) is 6.55. The molecule has 0 fully saturated rings. The van der Waals surface area contributed by atoms with Crippen molar-refractivity contribution >= 4 is 44.1 Å². The maximum Gasteiger partial charge on any atom is 0.360 e. The summed E-state index contributed by atoms with van der Waals surface area (Å²) in [6, 6.07) is 9.61. The van der Waals surface area contributed by atoms with Crippen LogP contribution >= 0.6 is 11.3 Å². The van der Waals surface area contributed by atoms with Gasteiger partial charge in [-0.05, 0) is 50.6 Å². The molecular weight excluding hydrogens is 492 g/mol. The summed E-state index contributed by atoms with van der Waals surface area (Å²) in [6.07, 6.45) is 1.15. The molecule has 10 nitrogen and oxygen atoms in total. The molecule has 35 heavy (non-hydrogen) atoms. The van der Waals surface area contributed by atoms with Crippen LogP contribution in [0.3, 0.4) is 0 Å². The molecule has 0 atom stereocenters. The number of amides is 1. The Balaban J connectivity index is 2.06. The number of anilines is 2. The van der Waals surface area contributed by atoms with Crippen LogP contribution in [0.5, 0.6) is 5.75 Å². The SMILES string of the molecule is COc1ccc(CN(c2scnc2C(=O)OC(C)(C)C)S(=O)(=O)c2ccc(NC(C)=O)nc2)cc1. The molecule has 1 aromatic carbocycles. The molecule has 0 spiro atoms. The van der Waals surface area contributed by atoms with Gasteiger partial charge in [-0.25, -0.2) is 23.2 Å². The highest BCUT2D eigenvalue weighted by molar-refractivity contribution is 7.93. The number of pyridine rings is 1. The van der Waals surface area contributed by atoms with E-state index in [0.717, 1.165) is 21.8 Å². The lowest BCUT2D eigenvalue weighted by Gasteiger charge is -2.25. The van der Waals surface area contributed by atoms with Crippen molar-refractivity contribution in [2.24, 2.45) is 0 Å². The van der Waals surface area contributed by atoms with Gasteiger partial charge < -0.3 is 14.8 Å². The molecule has 3 aromatic rings. The molecule has 1 amide bonds. The summed E-state index contributed by atoms with van der Waals surface area (Å²) in [5.41, 5.74) is 1.15. The Kier molecular flexibility index (Phi) is 7.76. The largest absolute Gasteiger partial charge is 0.497 e. The summed E-state index contributed by atoms with van der Waals surface area (Å²) < 4.78 is 39.2. The average Bonchev–Trinajstić information content (AvgIpc) is 3.26. The van der Waals surface area contributed by atoms with Crippen LogP contribution in [0.25, 0.3) is 0 Å². The summed E-state index contributed by atoms with van der Waals surface area (Å²) in [6.45, 7) is 6.38. The van der Waals surface area contributed by atoms with Gasteiger partial charge in [-0.2, -0.15) is 0 Å². The van der Waals surface area contributed by atoms with Crippen molar-refractivity contribution in [3.63, 3.8) is 0 Å². The first-order valence-electron chi connectivity index (χ1n) is 10.5. The number of aromatic nitrogens is 2. The second-order valence-corrected chi connectivity index (χ2v) is 11.1. The number of carbonyl (C=O) groups is 2. The Hall–Kier alpha value is -3.51. The maximum absolute atomic E-state index is 13.8. The quantitative estimate of drug-likeness (QED) is 0.445. The number of esters is 1. The number of ether oxygens (including phenoxy) is 2. The molecule has 186 valence electrons. The van der Waals surface area contributed by atoms with Gasteiger partial charge in [0.25, 0.3) is 10.0 Å². The zero-order valence-corrected chi connectivity index (χ0v) is 21.6. The Labute approximate surface area is 208 Å². The van der Waals surface area contributed by atoms with Gasteiger partial charge in [0.1, 0.15) is 27.1 Å². The third-order valence-electron chi connectivity index (χ3n) is 4.48. The van der Waals surface area contributed by atoms with Gasteiger partial charge in [0, 0.05) is 13.1 Å². The molecule has 0 aliphatic carbocycles. The highest BCUT2D eigenvalue weighted by atomic mass is 32.2. The molecule has 0 unspecified atom stereocenters. The molecule has 2 heterocycles. The van der Waals surface area contributed by atoms with Gasteiger partial charge in [-0.1, -0.05) is 12.1 Å². The fourth-order valence-corrected chi connectivity index (χ4v) is 5.38. The van der Waals surface area contributed by atoms with E-state index in [1.54, 1.807) is 45.0 Å². The predicted octanol–water partition coefficient (Wildman–Crippen LogP) is 3.86. The highest BCUT2D eigenvalue weighted by Crippen LogP contribution is 2.33. The predicted molar refractivity (Wildman–Crippen MR) is 132 cm³/mol. The van der Waals surface area contributed by atoms with E-state index in [9.17, 15) is 18.0 Å². The van der Waals surface area contributed by atoms with Gasteiger partial charge in [0.05, 0.1) is 19.2 Å². The van der Waals surface area contributed by atoms with Crippen LogP contribution in [0.4, 0.5) is 10.8 Å². The first-order chi connectivity index (χ1) is 16.4. The summed E-state index contributed by atoms with van der Waals surface area (Å²) in [5.74, 6) is -0.234. The summed E-state index contributed by atoms with van der Waals surface area (Å²) in [7, 11) is -2.66. The third-order valence-corrected chi connectivity index (χ3v) is 7.17. The van der Waals surface area contributed by atoms with Crippen LogP contribution in [0.15, 0.2) is 53.0 Å².